The number of hydrogen-bond donors (Lipinski definition) is 4. The lowest BCUT2D eigenvalue weighted by atomic mass is 9.99. The van der Waals surface area contributed by atoms with Crippen LogP contribution in [0.15, 0.2) is 42.5 Å². The van der Waals surface area contributed by atoms with E-state index in [1.54, 1.807) is 0 Å². The predicted octanol–water partition coefficient (Wildman–Crippen LogP) is 3.22. The Morgan fingerprint density at radius 1 is 1.06 bits per heavy atom. The van der Waals surface area contributed by atoms with Crippen LogP contribution in [-0.2, 0) is 24.2 Å². The molecule has 0 saturated carbocycles. The molecular weight excluding hydrogens is 412 g/mol. The lowest BCUT2D eigenvalue weighted by Gasteiger charge is -2.26. The molecule has 0 aromatic heterocycles. The summed E-state index contributed by atoms with van der Waals surface area (Å²) in [6, 6.07) is 9.91. The number of unbranched alkanes of at least 4 members (excludes halogenated alkanes) is 1. The molecule has 1 amide bonds. The molecule has 5 nitrogen and oxygen atoms in total. The van der Waals surface area contributed by atoms with E-state index in [9.17, 15) is 18.7 Å². The van der Waals surface area contributed by atoms with Crippen LogP contribution in [0.2, 0.25) is 0 Å². The van der Waals surface area contributed by atoms with Crippen molar-refractivity contribution in [3.63, 3.8) is 0 Å². The maximum Gasteiger partial charge on any atom is 0.237 e. The number of aliphatic hydroxyl groups is 1. The molecule has 2 aromatic rings. The predicted molar refractivity (Wildman–Crippen MR) is 123 cm³/mol. The van der Waals surface area contributed by atoms with E-state index in [2.05, 4.69) is 29.7 Å². The van der Waals surface area contributed by atoms with Crippen molar-refractivity contribution in [3.8, 4) is 0 Å². The Morgan fingerprint density at radius 2 is 1.75 bits per heavy atom. The Bertz CT molecular complexity index is 843. The molecule has 2 aromatic carbocycles. The number of carbonyl (C=O) groups excluding carboxylic acids is 1. The summed E-state index contributed by atoms with van der Waals surface area (Å²) >= 11 is 0. The lowest BCUT2D eigenvalue weighted by molar-refractivity contribution is -0.124. The van der Waals surface area contributed by atoms with Crippen LogP contribution in [0.5, 0.6) is 0 Å². The molecule has 2 rings (SSSR count). The molecule has 0 aliphatic heterocycles. The maximum absolute atomic E-state index is 13.6. The van der Waals surface area contributed by atoms with Gasteiger partial charge in [0, 0.05) is 19.2 Å². The van der Waals surface area contributed by atoms with E-state index in [0.29, 0.717) is 18.5 Å². The standard InChI is InChI=1S/C25H35F2N3O2/c1-3-5-9-22(28)25(32)30-23(13-19-11-20(26)14-21(27)12-19)24(31)16-29-15-18-8-6-7-17(4-2)10-18/h6-8,10-12,14,22-24,29,31H,3-5,9,13,15-16,28H2,1-2H3,(H,30,32)/t22-,23?,24?/m0/s1. The highest BCUT2D eigenvalue weighted by atomic mass is 19.1. The van der Waals surface area contributed by atoms with Gasteiger partial charge in [-0.25, -0.2) is 8.78 Å². The third kappa shape index (κ3) is 8.65. The Hall–Kier alpha value is -2.35. The summed E-state index contributed by atoms with van der Waals surface area (Å²) in [4.78, 5) is 12.5. The SMILES string of the molecule is CCCC[C@H](N)C(=O)NC(Cc1cc(F)cc(F)c1)C(O)CNCc1cccc(CC)c1. The fourth-order valence-corrected chi connectivity index (χ4v) is 3.58. The molecule has 0 heterocycles. The van der Waals surface area contributed by atoms with Gasteiger partial charge >= 0.3 is 0 Å². The van der Waals surface area contributed by atoms with Crippen molar-refractivity contribution in [3.05, 3.63) is 70.8 Å². The minimum atomic E-state index is -0.974. The lowest BCUT2D eigenvalue weighted by Crippen LogP contribution is -2.53. The van der Waals surface area contributed by atoms with E-state index in [4.69, 9.17) is 5.73 Å². The van der Waals surface area contributed by atoms with Gasteiger partial charge in [0.1, 0.15) is 11.6 Å². The fourth-order valence-electron chi connectivity index (χ4n) is 3.58. The van der Waals surface area contributed by atoms with Gasteiger partial charge in [0.25, 0.3) is 0 Å². The van der Waals surface area contributed by atoms with Crippen molar-refractivity contribution in [2.24, 2.45) is 5.73 Å². The van der Waals surface area contributed by atoms with Crippen LogP contribution in [0.1, 0.15) is 49.8 Å². The molecule has 0 bridgehead atoms. The second-order valence-corrected chi connectivity index (χ2v) is 8.22. The highest BCUT2D eigenvalue weighted by molar-refractivity contribution is 5.81. The van der Waals surface area contributed by atoms with E-state index < -0.39 is 29.8 Å². The summed E-state index contributed by atoms with van der Waals surface area (Å²) in [5, 5.41) is 16.8. The van der Waals surface area contributed by atoms with Gasteiger partial charge in [-0.3, -0.25) is 4.79 Å². The van der Waals surface area contributed by atoms with Crippen LogP contribution in [0.3, 0.4) is 0 Å². The Morgan fingerprint density at radius 3 is 2.41 bits per heavy atom. The molecule has 0 spiro atoms. The first kappa shape index (κ1) is 25.9. The first-order chi connectivity index (χ1) is 15.3. The topological polar surface area (TPSA) is 87.4 Å². The van der Waals surface area contributed by atoms with Crippen LogP contribution < -0.4 is 16.4 Å². The smallest absolute Gasteiger partial charge is 0.237 e. The maximum atomic E-state index is 13.6. The van der Waals surface area contributed by atoms with Gasteiger partial charge in [0.15, 0.2) is 0 Å². The van der Waals surface area contributed by atoms with Gasteiger partial charge in [0.2, 0.25) is 5.91 Å². The zero-order chi connectivity index (χ0) is 23.5. The van der Waals surface area contributed by atoms with E-state index in [0.717, 1.165) is 30.9 Å². The normalized spacial score (nSPS) is 14.1. The zero-order valence-corrected chi connectivity index (χ0v) is 18.9. The monoisotopic (exact) mass is 447 g/mol. The summed E-state index contributed by atoms with van der Waals surface area (Å²) in [6.45, 7) is 4.85. The Kier molecular flexibility index (Phi) is 10.7. The van der Waals surface area contributed by atoms with Crippen molar-refractivity contribution < 1.29 is 18.7 Å². The van der Waals surface area contributed by atoms with Crippen molar-refractivity contribution in [1.29, 1.82) is 0 Å². The van der Waals surface area contributed by atoms with Crippen LogP contribution in [-0.4, -0.2) is 35.7 Å². The molecule has 0 fully saturated rings. The molecule has 2 unspecified atom stereocenters. The molecule has 7 heteroatoms. The number of rotatable bonds is 13. The van der Waals surface area contributed by atoms with Crippen LogP contribution in [0.4, 0.5) is 8.78 Å². The third-order valence-electron chi connectivity index (χ3n) is 5.46. The first-order valence-electron chi connectivity index (χ1n) is 11.3. The van der Waals surface area contributed by atoms with Gasteiger partial charge < -0.3 is 21.5 Å². The number of carbonyl (C=O) groups is 1. The molecular formula is C25H35F2N3O2. The summed E-state index contributed by atoms with van der Waals surface area (Å²) < 4.78 is 27.3. The number of halogens is 2. The summed E-state index contributed by atoms with van der Waals surface area (Å²) in [5.74, 6) is -1.78. The van der Waals surface area contributed by atoms with Gasteiger partial charge in [-0.05, 0) is 48.1 Å². The van der Waals surface area contributed by atoms with E-state index in [1.165, 1.54) is 17.7 Å². The number of aryl methyl sites for hydroxylation is 1. The molecule has 0 aliphatic carbocycles. The zero-order valence-electron chi connectivity index (χ0n) is 18.9. The van der Waals surface area contributed by atoms with E-state index in [-0.39, 0.29) is 18.9 Å². The average Bonchev–Trinajstić information content (AvgIpc) is 2.76. The minimum absolute atomic E-state index is 0.0785. The number of hydrogen-bond acceptors (Lipinski definition) is 4. The van der Waals surface area contributed by atoms with E-state index in [1.807, 2.05) is 19.1 Å². The van der Waals surface area contributed by atoms with Gasteiger partial charge in [-0.15, -0.1) is 0 Å². The van der Waals surface area contributed by atoms with Gasteiger partial charge in [-0.2, -0.15) is 0 Å². The molecule has 32 heavy (non-hydrogen) atoms. The second kappa shape index (κ2) is 13.3. The highest BCUT2D eigenvalue weighted by Crippen LogP contribution is 2.13. The number of nitrogens with two attached hydrogens (primary N) is 1. The Labute approximate surface area is 189 Å². The van der Waals surface area contributed by atoms with E-state index >= 15 is 0 Å². The molecule has 0 saturated heterocycles. The fraction of sp³-hybridized carbons (Fsp3) is 0.480. The van der Waals surface area contributed by atoms with Crippen LogP contribution in [0, 0.1) is 11.6 Å². The summed E-state index contributed by atoms with van der Waals surface area (Å²) in [7, 11) is 0. The highest BCUT2D eigenvalue weighted by Gasteiger charge is 2.24. The number of benzene rings is 2. The molecule has 0 radical (unpaired) electrons. The second-order valence-electron chi connectivity index (χ2n) is 8.22. The molecule has 0 aliphatic rings. The first-order valence-corrected chi connectivity index (χ1v) is 11.3. The number of nitrogens with one attached hydrogen (secondary N) is 2. The minimum Gasteiger partial charge on any atom is -0.390 e. The summed E-state index contributed by atoms with van der Waals surface area (Å²) in [6.07, 6.45) is 2.31. The summed E-state index contributed by atoms with van der Waals surface area (Å²) in [5.41, 5.74) is 8.63. The largest absolute Gasteiger partial charge is 0.390 e. The number of aliphatic hydroxyl groups excluding tert-OH is 1. The molecule has 5 N–H and O–H groups in total. The van der Waals surface area contributed by atoms with Crippen molar-refractivity contribution in [1.82, 2.24) is 10.6 Å². The van der Waals surface area contributed by atoms with Crippen LogP contribution >= 0.6 is 0 Å². The van der Waals surface area contributed by atoms with Crippen LogP contribution in [0.25, 0.3) is 0 Å². The molecule has 3 atom stereocenters. The van der Waals surface area contributed by atoms with Crippen molar-refractivity contribution in [2.45, 2.75) is 70.7 Å². The van der Waals surface area contributed by atoms with Crippen molar-refractivity contribution in [2.75, 3.05) is 6.54 Å². The van der Waals surface area contributed by atoms with Crippen molar-refractivity contribution >= 4 is 5.91 Å². The Balaban J connectivity index is 2.04. The molecule has 176 valence electrons. The number of amides is 1. The average molecular weight is 448 g/mol. The quantitative estimate of drug-likeness (QED) is 0.380. The van der Waals surface area contributed by atoms with Gasteiger partial charge in [-0.1, -0.05) is 51.0 Å². The van der Waals surface area contributed by atoms with Gasteiger partial charge in [0.05, 0.1) is 18.2 Å². The third-order valence-corrected chi connectivity index (χ3v) is 5.46.